The van der Waals surface area contributed by atoms with Gasteiger partial charge in [0.25, 0.3) is 5.92 Å². The van der Waals surface area contributed by atoms with E-state index in [-0.39, 0.29) is 18.9 Å². The van der Waals surface area contributed by atoms with Crippen LogP contribution in [0.2, 0.25) is 0 Å². The standard InChI is InChI=1S/C16H23F2N3O2/c1-22-13-7-6-12(9-14(13)23-2)21-15(19)20-10-11-5-3-4-8-16(11,17)18/h6-7,9,11H,3-5,8,10H2,1-2H3,(H3,19,20,21). The van der Waals surface area contributed by atoms with Gasteiger partial charge in [0.05, 0.1) is 20.8 Å². The van der Waals surface area contributed by atoms with Gasteiger partial charge in [0, 0.05) is 24.1 Å². The van der Waals surface area contributed by atoms with Gasteiger partial charge in [-0.3, -0.25) is 4.99 Å². The lowest BCUT2D eigenvalue weighted by Crippen LogP contribution is -2.35. The molecule has 0 aliphatic heterocycles. The summed E-state index contributed by atoms with van der Waals surface area (Å²) in [5.74, 6) is -2.13. The molecule has 1 aromatic carbocycles. The molecule has 0 radical (unpaired) electrons. The van der Waals surface area contributed by atoms with Gasteiger partial charge < -0.3 is 20.5 Å². The van der Waals surface area contributed by atoms with E-state index in [1.54, 1.807) is 25.3 Å². The highest BCUT2D eigenvalue weighted by molar-refractivity contribution is 5.92. The zero-order valence-electron chi connectivity index (χ0n) is 13.4. The Hall–Kier alpha value is -2.05. The van der Waals surface area contributed by atoms with E-state index < -0.39 is 11.8 Å². The third-order valence-electron chi connectivity index (χ3n) is 4.05. The second kappa shape index (κ2) is 7.48. The van der Waals surface area contributed by atoms with Crippen molar-refractivity contribution in [2.45, 2.75) is 31.6 Å². The van der Waals surface area contributed by atoms with Crippen LogP contribution in [-0.2, 0) is 0 Å². The molecule has 5 nitrogen and oxygen atoms in total. The van der Waals surface area contributed by atoms with Gasteiger partial charge in [0.2, 0.25) is 0 Å². The molecule has 0 saturated heterocycles. The molecule has 7 heteroatoms. The average Bonchev–Trinajstić information content (AvgIpc) is 2.53. The number of nitrogens with zero attached hydrogens (tertiary/aromatic N) is 1. The first-order valence-corrected chi connectivity index (χ1v) is 7.63. The maximum atomic E-state index is 13.8. The van der Waals surface area contributed by atoms with E-state index in [2.05, 4.69) is 10.3 Å². The molecule has 1 aliphatic rings. The summed E-state index contributed by atoms with van der Waals surface area (Å²) in [6, 6.07) is 5.18. The lowest BCUT2D eigenvalue weighted by atomic mass is 9.86. The number of ether oxygens (including phenoxy) is 2. The summed E-state index contributed by atoms with van der Waals surface area (Å²) >= 11 is 0. The Morgan fingerprint density at radius 3 is 2.70 bits per heavy atom. The molecule has 0 heterocycles. The molecule has 0 spiro atoms. The van der Waals surface area contributed by atoms with Crippen LogP contribution in [0.4, 0.5) is 14.5 Å². The number of anilines is 1. The van der Waals surface area contributed by atoms with E-state index >= 15 is 0 Å². The van der Waals surface area contributed by atoms with Crippen molar-refractivity contribution in [1.29, 1.82) is 0 Å². The van der Waals surface area contributed by atoms with Crippen molar-refractivity contribution in [3.05, 3.63) is 18.2 Å². The first-order chi connectivity index (χ1) is 11.0. The number of rotatable bonds is 5. The minimum Gasteiger partial charge on any atom is -0.493 e. The van der Waals surface area contributed by atoms with Gasteiger partial charge in [-0.2, -0.15) is 0 Å². The van der Waals surface area contributed by atoms with Crippen LogP contribution in [0.25, 0.3) is 0 Å². The summed E-state index contributed by atoms with van der Waals surface area (Å²) in [6.45, 7) is 0.0269. The van der Waals surface area contributed by atoms with Crippen LogP contribution in [0, 0.1) is 5.92 Å². The summed E-state index contributed by atoms with van der Waals surface area (Å²) in [7, 11) is 3.08. The van der Waals surface area contributed by atoms with Crippen LogP contribution in [0.3, 0.4) is 0 Å². The van der Waals surface area contributed by atoms with E-state index in [1.807, 2.05) is 0 Å². The third-order valence-corrected chi connectivity index (χ3v) is 4.05. The fraction of sp³-hybridized carbons (Fsp3) is 0.562. The summed E-state index contributed by atoms with van der Waals surface area (Å²) in [5.41, 5.74) is 6.45. The summed E-state index contributed by atoms with van der Waals surface area (Å²) < 4.78 is 37.9. The zero-order chi connectivity index (χ0) is 16.9. The third kappa shape index (κ3) is 4.46. The molecule has 1 fully saturated rings. The van der Waals surface area contributed by atoms with Crippen LogP contribution in [0.5, 0.6) is 11.5 Å². The SMILES string of the molecule is COc1ccc(NC(N)=NCC2CCCCC2(F)F)cc1OC. The highest BCUT2D eigenvalue weighted by Gasteiger charge is 2.40. The van der Waals surface area contributed by atoms with Gasteiger partial charge in [-0.25, -0.2) is 8.78 Å². The van der Waals surface area contributed by atoms with Crippen LogP contribution in [-0.4, -0.2) is 32.6 Å². The molecule has 23 heavy (non-hydrogen) atoms. The normalized spacial score (nSPS) is 20.9. The molecule has 1 aliphatic carbocycles. The smallest absolute Gasteiger partial charge is 0.252 e. The van der Waals surface area contributed by atoms with Crippen molar-refractivity contribution >= 4 is 11.6 Å². The van der Waals surface area contributed by atoms with E-state index in [0.717, 1.165) is 6.42 Å². The number of alkyl halides is 2. The first-order valence-electron chi connectivity index (χ1n) is 7.63. The highest BCUT2D eigenvalue weighted by atomic mass is 19.3. The van der Waals surface area contributed by atoms with Crippen molar-refractivity contribution in [3.63, 3.8) is 0 Å². The van der Waals surface area contributed by atoms with Crippen LogP contribution in [0.15, 0.2) is 23.2 Å². The molecular formula is C16H23F2N3O2. The number of benzene rings is 1. The van der Waals surface area contributed by atoms with Gasteiger partial charge in [-0.1, -0.05) is 6.42 Å². The van der Waals surface area contributed by atoms with Crippen molar-refractivity contribution in [2.24, 2.45) is 16.6 Å². The van der Waals surface area contributed by atoms with Gasteiger partial charge in [-0.05, 0) is 25.0 Å². The van der Waals surface area contributed by atoms with Crippen molar-refractivity contribution in [1.82, 2.24) is 0 Å². The number of aliphatic imine (C=N–C) groups is 1. The Balaban J connectivity index is 1.99. The van der Waals surface area contributed by atoms with Gasteiger partial charge in [-0.15, -0.1) is 0 Å². The molecule has 1 aromatic rings. The van der Waals surface area contributed by atoms with Crippen LogP contribution < -0.4 is 20.5 Å². The molecule has 3 N–H and O–H groups in total. The first kappa shape index (κ1) is 17.3. The Labute approximate surface area is 134 Å². The lowest BCUT2D eigenvalue weighted by Gasteiger charge is -2.30. The predicted octanol–water partition coefficient (Wildman–Crippen LogP) is 3.26. The molecule has 128 valence electrons. The number of hydrogen-bond acceptors (Lipinski definition) is 3. The van der Waals surface area contributed by atoms with Crippen LogP contribution >= 0.6 is 0 Å². The number of halogens is 2. The second-order valence-corrected chi connectivity index (χ2v) is 5.62. The topological polar surface area (TPSA) is 68.9 Å². The molecule has 2 rings (SSSR count). The predicted molar refractivity (Wildman–Crippen MR) is 86.6 cm³/mol. The van der Waals surface area contributed by atoms with Gasteiger partial charge >= 0.3 is 0 Å². The number of methoxy groups -OCH3 is 2. The zero-order valence-corrected chi connectivity index (χ0v) is 13.4. The Kier molecular flexibility index (Phi) is 5.63. The average molecular weight is 327 g/mol. The van der Waals surface area contributed by atoms with Crippen molar-refractivity contribution in [3.8, 4) is 11.5 Å². The van der Waals surface area contributed by atoms with E-state index in [9.17, 15) is 8.78 Å². The fourth-order valence-corrected chi connectivity index (χ4v) is 2.70. The fourth-order valence-electron chi connectivity index (χ4n) is 2.70. The maximum Gasteiger partial charge on any atom is 0.252 e. The quantitative estimate of drug-likeness (QED) is 0.643. The van der Waals surface area contributed by atoms with Gasteiger partial charge in [0.1, 0.15) is 0 Å². The Morgan fingerprint density at radius 1 is 1.30 bits per heavy atom. The van der Waals surface area contributed by atoms with E-state index in [0.29, 0.717) is 30.0 Å². The Morgan fingerprint density at radius 2 is 2.04 bits per heavy atom. The van der Waals surface area contributed by atoms with Crippen molar-refractivity contribution in [2.75, 3.05) is 26.1 Å². The number of guanidine groups is 1. The van der Waals surface area contributed by atoms with Crippen molar-refractivity contribution < 1.29 is 18.3 Å². The van der Waals surface area contributed by atoms with E-state index in [4.69, 9.17) is 15.2 Å². The van der Waals surface area contributed by atoms with E-state index in [1.165, 1.54) is 7.11 Å². The molecule has 1 atom stereocenters. The largest absolute Gasteiger partial charge is 0.493 e. The highest BCUT2D eigenvalue weighted by Crippen LogP contribution is 2.38. The molecule has 1 saturated carbocycles. The minimum absolute atomic E-state index is 0.0269. The summed E-state index contributed by atoms with van der Waals surface area (Å²) in [5, 5.41) is 2.88. The molecular weight excluding hydrogens is 304 g/mol. The molecule has 0 aromatic heterocycles. The van der Waals surface area contributed by atoms with Crippen LogP contribution in [0.1, 0.15) is 25.7 Å². The minimum atomic E-state index is -2.65. The van der Waals surface area contributed by atoms with Gasteiger partial charge in [0.15, 0.2) is 17.5 Å². The summed E-state index contributed by atoms with van der Waals surface area (Å²) in [4.78, 5) is 4.07. The molecule has 1 unspecified atom stereocenters. The number of nitrogens with two attached hydrogens (primary N) is 1. The summed E-state index contributed by atoms with van der Waals surface area (Å²) in [6.07, 6.45) is 1.82. The molecule has 0 amide bonds. The number of hydrogen-bond donors (Lipinski definition) is 2. The molecule has 0 bridgehead atoms. The lowest BCUT2D eigenvalue weighted by molar-refractivity contribution is -0.0814. The Bertz CT molecular complexity index is 564. The monoisotopic (exact) mass is 327 g/mol. The second-order valence-electron chi connectivity index (χ2n) is 5.62. The maximum absolute atomic E-state index is 13.8. The number of nitrogens with one attached hydrogen (secondary N) is 1.